The molecule has 10 heteroatoms. The minimum Gasteiger partial charge on any atom is -0.493 e. The number of hydrogen-bond donors (Lipinski definition) is 1. The van der Waals surface area contributed by atoms with Crippen LogP contribution in [0.25, 0.3) is 11.4 Å². The molecular weight excluding hydrogens is 446 g/mol. The minimum atomic E-state index is -0.636. The van der Waals surface area contributed by atoms with Crippen molar-refractivity contribution in [3.05, 3.63) is 76.3 Å². The highest BCUT2D eigenvalue weighted by Crippen LogP contribution is 2.31. The van der Waals surface area contributed by atoms with E-state index < -0.39 is 5.97 Å². The lowest BCUT2D eigenvalue weighted by Crippen LogP contribution is -2.15. The minimum absolute atomic E-state index is 0.119. The number of aromatic nitrogens is 2. The van der Waals surface area contributed by atoms with E-state index >= 15 is 0 Å². The smallest absolute Gasteiger partial charge is 0.340 e. The molecule has 0 aliphatic rings. The molecule has 0 saturated heterocycles. The molecule has 4 rings (SSSR count). The SMILES string of the molecule is COc1ccc(-c2noc(COC(=O)c3ccccc3NC(=O)c3cccs3)n2)cc1OC. The van der Waals surface area contributed by atoms with Crippen molar-refractivity contribution in [3.8, 4) is 22.9 Å². The molecule has 9 nitrogen and oxygen atoms in total. The molecule has 1 N–H and O–H groups in total. The van der Waals surface area contributed by atoms with E-state index in [0.29, 0.717) is 33.5 Å². The van der Waals surface area contributed by atoms with Gasteiger partial charge in [-0.15, -0.1) is 11.3 Å². The van der Waals surface area contributed by atoms with E-state index in [0.717, 1.165) is 0 Å². The summed E-state index contributed by atoms with van der Waals surface area (Å²) in [4.78, 5) is 29.8. The van der Waals surface area contributed by atoms with Crippen LogP contribution in [0.1, 0.15) is 25.9 Å². The van der Waals surface area contributed by atoms with Crippen molar-refractivity contribution in [1.82, 2.24) is 10.1 Å². The van der Waals surface area contributed by atoms with Gasteiger partial charge < -0.3 is 24.1 Å². The number of carbonyl (C=O) groups excluding carboxylic acids is 2. The fourth-order valence-electron chi connectivity index (χ4n) is 2.97. The number of nitrogens with one attached hydrogen (secondary N) is 1. The Kier molecular flexibility index (Phi) is 6.65. The lowest BCUT2D eigenvalue weighted by molar-refractivity contribution is 0.0431. The Morgan fingerprint density at radius 1 is 1.03 bits per heavy atom. The average Bonchev–Trinajstić information content (AvgIpc) is 3.55. The second kappa shape index (κ2) is 9.96. The Morgan fingerprint density at radius 2 is 1.85 bits per heavy atom. The van der Waals surface area contributed by atoms with Gasteiger partial charge in [0.15, 0.2) is 18.1 Å². The first-order valence-corrected chi connectivity index (χ1v) is 10.6. The van der Waals surface area contributed by atoms with E-state index in [1.54, 1.807) is 67.1 Å². The summed E-state index contributed by atoms with van der Waals surface area (Å²) in [6.07, 6.45) is 0. The summed E-state index contributed by atoms with van der Waals surface area (Å²) in [5.74, 6) is 0.584. The standard InChI is InChI=1S/C23H19N3O6S/c1-29-17-10-9-14(12-18(17)30-2)21-25-20(32-26-21)13-31-23(28)15-6-3-4-7-16(15)24-22(27)19-8-5-11-33-19/h3-12H,13H2,1-2H3,(H,24,27). The van der Waals surface area contributed by atoms with Crippen molar-refractivity contribution in [2.24, 2.45) is 0 Å². The fraction of sp³-hybridized carbons (Fsp3) is 0.130. The molecule has 0 aliphatic carbocycles. The number of carbonyl (C=O) groups is 2. The van der Waals surface area contributed by atoms with Gasteiger partial charge in [-0.05, 0) is 41.8 Å². The van der Waals surface area contributed by atoms with Crippen LogP contribution in [0.2, 0.25) is 0 Å². The molecule has 0 fully saturated rings. The van der Waals surface area contributed by atoms with Crippen molar-refractivity contribution < 1.29 is 28.3 Å². The van der Waals surface area contributed by atoms with Crippen molar-refractivity contribution >= 4 is 28.9 Å². The van der Waals surface area contributed by atoms with Crippen molar-refractivity contribution in [2.75, 3.05) is 19.5 Å². The second-order valence-electron chi connectivity index (χ2n) is 6.63. The molecule has 0 unspecified atom stereocenters. The van der Waals surface area contributed by atoms with E-state index in [1.165, 1.54) is 18.4 Å². The van der Waals surface area contributed by atoms with Crippen molar-refractivity contribution in [3.63, 3.8) is 0 Å². The lowest BCUT2D eigenvalue weighted by Gasteiger charge is -2.09. The van der Waals surface area contributed by atoms with Gasteiger partial charge in [-0.25, -0.2) is 4.79 Å². The van der Waals surface area contributed by atoms with Crippen LogP contribution < -0.4 is 14.8 Å². The van der Waals surface area contributed by atoms with Crippen LogP contribution in [0.3, 0.4) is 0 Å². The van der Waals surface area contributed by atoms with E-state index in [4.69, 9.17) is 18.7 Å². The Hall–Kier alpha value is -4.18. The monoisotopic (exact) mass is 465 g/mol. The third-order valence-electron chi connectivity index (χ3n) is 4.58. The number of nitrogens with zero attached hydrogens (tertiary/aromatic N) is 2. The molecule has 2 aromatic heterocycles. The van der Waals surface area contributed by atoms with Gasteiger partial charge in [0.2, 0.25) is 5.82 Å². The van der Waals surface area contributed by atoms with Crippen LogP contribution in [0.15, 0.2) is 64.5 Å². The normalized spacial score (nSPS) is 10.5. The zero-order valence-electron chi connectivity index (χ0n) is 17.7. The summed E-state index contributed by atoms with van der Waals surface area (Å²) < 4.78 is 21.0. The Morgan fingerprint density at radius 3 is 2.61 bits per heavy atom. The van der Waals surface area contributed by atoms with Crippen LogP contribution >= 0.6 is 11.3 Å². The summed E-state index contributed by atoms with van der Waals surface area (Å²) in [5, 5.41) is 8.46. The van der Waals surface area contributed by atoms with Gasteiger partial charge in [0, 0.05) is 5.56 Å². The number of thiophene rings is 1. The summed E-state index contributed by atoms with van der Waals surface area (Å²) in [5.41, 5.74) is 1.20. The Labute approximate surface area is 192 Å². The molecule has 0 bridgehead atoms. The van der Waals surface area contributed by atoms with Crippen LogP contribution in [0.4, 0.5) is 5.69 Å². The number of esters is 1. The second-order valence-corrected chi connectivity index (χ2v) is 7.58. The number of amides is 1. The first kappa shape index (κ1) is 22.0. The summed E-state index contributed by atoms with van der Waals surface area (Å²) in [7, 11) is 3.08. The topological polar surface area (TPSA) is 113 Å². The van der Waals surface area contributed by atoms with Crippen LogP contribution in [0.5, 0.6) is 11.5 Å². The van der Waals surface area contributed by atoms with E-state index in [-0.39, 0.29) is 24.0 Å². The molecule has 4 aromatic rings. The molecule has 2 heterocycles. The highest BCUT2D eigenvalue weighted by molar-refractivity contribution is 7.12. The molecule has 0 spiro atoms. The number of para-hydroxylation sites is 1. The lowest BCUT2D eigenvalue weighted by atomic mass is 10.2. The highest BCUT2D eigenvalue weighted by Gasteiger charge is 2.18. The number of benzene rings is 2. The zero-order valence-corrected chi connectivity index (χ0v) is 18.5. The molecular formula is C23H19N3O6S. The first-order valence-electron chi connectivity index (χ1n) is 9.75. The van der Waals surface area contributed by atoms with E-state index in [1.807, 2.05) is 0 Å². The Balaban J connectivity index is 1.43. The third-order valence-corrected chi connectivity index (χ3v) is 5.45. The summed E-state index contributed by atoms with van der Waals surface area (Å²) >= 11 is 1.31. The first-order chi connectivity index (χ1) is 16.1. The number of rotatable bonds is 8. The predicted octanol–water partition coefficient (Wildman–Crippen LogP) is 4.42. The highest BCUT2D eigenvalue weighted by atomic mass is 32.1. The van der Waals surface area contributed by atoms with Crippen LogP contribution in [-0.4, -0.2) is 36.2 Å². The summed E-state index contributed by atoms with van der Waals surface area (Å²) in [6.45, 7) is -0.230. The predicted molar refractivity (Wildman–Crippen MR) is 121 cm³/mol. The van der Waals surface area contributed by atoms with Gasteiger partial charge in [-0.2, -0.15) is 4.98 Å². The maximum absolute atomic E-state index is 12.6. The van der Waals surface area contributed by atoms with E-state index in [2.05, 4.69) is 15.5 Å². The molecule has 168 valence electrons. The number of ether oxygens (including phenoxy) is 3. The maximum Gasteiger partial charge on any atom is 0.340 e. The van der Waals surface area contributed by atoms with Gasteiger partial charge in [0.1, 0.15) is 0 Å². The third kappa shape index (κ3) is 5.01. The fourth-order valence-corrected chi connectivity index (χ4v) is 3.59. The molecule has 0 saturated carbocycles. The molecule has 33 heavy (non-hydrogen) atoms. The van der Waals surface area contributed by atoms with Gasteiger partial charge in [-0.1, -0.05) is 23.4 Å². The van der Waals surface area contributed by atoms with Crippen LogP contribution in [0, 0.1) is 0 Å². The van der Waals surface area contributed by atoms with Crippen molar-refractivity contribution in [2.45, 2.75) is 6.61 Å². The molecule has 1 amide bonds. The zero-order chi connectivity index (χ0) is 23.2. The number of hydrogen-bond acceptors (Lipinski definition) is 9. The van der Waals surface area contributed by atoms with Crippen molar-refractivity contribution in [1.29, 1.82) is 0 Å². The van der Waals surface area contributed by atoms with E-state index in [9.17, 15) is 9.59 Å². The average molecular weight is 465 g/mol. The largest absolute Gasteiger partial charge is 0.493 e. The summed E-state index contributed by atoms with van der Waals surface area (Å²) in [6, 6.07) is 15.3. The van der Waals surface area contributed by atoms with Gasteiger partial charge in [0.05, 0.1) is 30.3 Å². The number of anilines is 1. The van der Waals surface area contributed by atoms with Crippen LogP contribution in [-0.2, 0) is 11.3 Å². The number of methoxy groups -OCH3 is 2. The maximum atomic E-state index is 12.6. The Bertz CT molecular complexity index is 1270. The quantitative estimate of drug-likeness (QED) is 0.381. The van der Waals surface area contributed by atoms with Gasteiger partial charge >= 0.3 is 5.97 Å². The molecule has 0 radical (unpaired) electrons. The molecule has 0 atom stereocenters. The molecule has 0 aliphatic heterocycles. The molecule has 2 aromatic carbocycles. The van der Waals surface area contributed by atoms with Gasteiger partial charge in [-0.3, -0.25) is 4.79 Å². The van der Waals surface area contributed by atoms with Gasteiger partial charge in [0.25, 0.3) is 11.8 Å².